The molecule has 0 saturated heterocycles. The van der Waals surface area contributed by atoms with Gasteiger partial charge in [-0.3, -0.25) is 9.58 Å². The van der Waals surface area contributed by atoms with E-state index in [1.807, 2.05) is 16.9 Å². The summed E-state index contributed by atoms with van der Waals surface area (Å²) in [7, 11) is 0. The minimum absolute atomic E-state index is 0.591. The maximum Gasteiger partial charge on any atom is 0.145 e. The Bertz CT molecular complexity index is 267. The molecule has 0 radical (unpaired) electrons. The number of rotatable bonds is 5. The van der Waals surface area contributed by atoms with Gasteiger partial charge in [0.2, 0.25) is 0 Å². The van der Waals surface area contributed by atoms with Gasteiger partial charge >= 0.3 is 0 Å². The van der Waals surface area contributed by atoms with Crippen molar-refractivity contribution >= 4 is 5.82 Å². The van der Waals surface area contributed by atoms with Crippen molar-refractivity contribution in [2.24, 2.45) is 0 Å². The molecule has 14 heavy (non-hydrogen) atoms. The first-order valence-corrected chi connectivity index (χ1v) is 5.16. The zero-order chi connectivity index (χ0) is 10.6. The number of aromatic nitrogens is 2. The van der Waals surface area contributed by atoms with Gasteiger partial charge in [-0.05, 0) is 26.5 Å². The number of anilines is 1. The highest BCUT2D eigenvalue weighted by Gasteiger charge is 2.06. The Morgan fingerprint density at radius 1 is 1.57 bits per heavy atom. The zero-order valence-electron chi connectivity index (χ0n) is 9.27. The summed E-state index contributed by atoms with van der Waals surface area (Å²) in [6.07, 6.45) is 1.92. The number of nitrogens with two attached hydrogens (primary N) is 1. The Labute approximate surface area is 85.7 Å². The van der Waals surface area contributed by atoms with E-state index < -0.39 is 0 Å². The summed E-state index contributed by atoms with van der Waals surface area (Å²) in [5.41, 5.74) is 5.53. The predicted octanol–water partition coefficient (Wildman–Crippen LogP) is 1.20. The third-order valence-electron chi connectivity index (χ3n) is 2.41. The van der Waals surface area contributed by atoms with Crippen LogP contribution in [-0.4, -0.2) is 33.8 Å². The molecule has 0 aliphatic carbocycles. The van der Waals surface area contributed by atoms with E-state index in [0.29, 0.717) is 11.9 Å². The lowest BCUT2D eigenvalue weighted by atomic mass is 10.3. The molecule has 4 heteroatoms. The Kier molecular flexibility index (Phi) is 3.95. The lowest BCUT2D eigenvalue weighted by molar-refractivity contribution is 0.221. The molecule has 0 unspecified atom stereocenters. The van der Waals surface area contributed by atoms with Gasteiger partial charge in [0.05, 0.1) is 6.54 Å². The maximum atomic E-state index is 5.53. The number of nitrogens with zero attached hydrogens (tertiary/aromatic N) is 3. The largest absolute Gasteiger partial charge is 0.382 e. The fraction of sp³-hybridized carbons (Fsp3) is 0.700. The molecule has 0 amide bonds. The third-order valence-corrected chi connectivity index (χ3v) is 2.41. The van der Waals surface area contributed by atoms with Crippen molar-refractivity contribution in [1.82, 2.24) is 14.7 Å². The van der Waals surface area contributed by atoms with Crippen LogP contribution in [-0.2, 0) is 6.54 Å². The fourth-order valence-corrected chi connectivity index (χ4v) is 1.51. The molecule has 0 spiro atoms. The fourth-order valence-electron chi connectivity index (χ4n) is 1.51. The van der Waals surface area contributed by atoms with Gasteiger partial charge in [0.15, 0.2) is 0 Å². The molecule has 4 nitrogen and oxygen atoms in total. The van der Waals surface area contributed by atoms with Crippen LogP contribution in [0.3, 0.4) is 0 Å². The van der Waals surface area contributed by atoms with Crippen molar-refractivity contribution in [3.05, 3.63) is 12.3 Å². The van der Waals surface area contributed by atoms with Crippen LogP contribution in [0.1, 0.15) is 20.8 Å². The minimum Gasteiger partial charge on any atom is -0.382 e. The molecule has 0 aliphatic rings. The summed E-state index contributed by atoms with van der Waals surface area (Å²) in [6.45, 7) is 9.60. The van der Waals surface area contributed by atoms with Crippen molar-refractivity contribution in [2.45, 2.75) is 33.4 Å². The lowest BCUT2D eigenvalue weighted by Crippen LogP contribution is -2.33. The monoisotopic (exact) mass is 196 g/mol. The van der Waals surface area contributed by atoms with E-state index in [1.54, 1.807) is 0 Å². The molecule has 1 aromatic rings. The van der Waals surface area contributed by atoms with Crippen molar-refractivity contribution in [3.63, 3.8) is 0 Å². The summed E-state index contributed by atoms with van der Waals surface area (Å²) in [6, 6.07) is 2.42. The van der Waals surface area contributed by atoms with Gasteiger partial charge in [0, 0.05) is 18.8 Å². The number of hydrogen-bond donors (Lipinski definition) is 1. The van der Waals surface area contributed by atoms with E-state index in [0.717, 1.165) is 19.6 Å². The van der Waals surface area contributed by atoms with E-state index in [1.165, 1.54) is 0 Å². The van der Waals surface area contributed by atoms with Gasteiger partial charge in [0.1, 0.15) is 5.82 Å². The summed E-state index contributed by atoms with van der Waals surface area (Å²) in [4.78, 5) is 2.40. The number of hydrogen-bond acceptors (Lipinski definition) is 3. The molecule has 1 aromatic heterocycles. The number of likely N-dealkylation sites (N-methyl/N-ethyl adjacent to an activating group) is 1. The topological polar surface area (TPSA) is 47.1 Å². The molecule has 0 saturated carbocycles. The second-order valence-electron chi connectivity index (χ2n) is 3.73. The van der Waals surface area contributed by atoms with E-state index in [9.17, 15) is 0 Å². The van der Waals surface area contributed by atoms with Crippen molar-refractivity contribution in [3.8, 4) is 0 Å². The highest BCUT2D eigenvalue weighted by molar-refractivity contribution is 5.23. The summed E-state index contributed by atoms with van der Waals surface area (Å²) in [5, 5.41) is 4.14. The normalized spacial score (nSPS) is 11.5. The maximum absolute atomic E-state index is 5.53. The molecule has 0 fully saturated rings. The second kappa shape index (κ2) is 5.00. The summed E-state index contributed by atoms with van der Waals surface area (Å²) >= 11 is 0. The van der Waals surface area contributed by atoms with Gasteiger partial charge in [-0.2, -0.15) is 5.10 Å². The molecule has 1 rings (SSSR count). The van der Waals surface area contributed by atoms with Crippen LogP contribution in [0.4, 0.5) is 5.82 Å². The molecule has 80 valence electrons. The van der Waals surface area contributed by atoms with E-state index in [4.69, 9.17) is 5.73 Å². The molecule has 0 aromatic carbocycles. The highest BCUT2D eigenvalue weighted by Crippen LogP contribution is 2.00. The first kappa shape index (κ1) is 11.0. The smallest absolute Gasteiger partial charge is 0.145 e. The average molecular weight is 196 g/mol. The standard InChI is InChI=1S/C10H20N4/c1-4-13(9(2)3)7-8-14-6-5-10(11)12-14/h5-6,9H,4,7-8H2,1-3H3,(H2,11,12). The van der Waals surface area contributed by atoms with Crippen molar-refractivity contribution in [1.29, 1.82) is 0 Å². The highest BCUT2D eigenvalue weighted by atomic mass is 15.3. The molecular formula is C10H20N4. The van der Waals surface area contributed by atoms with E-state index >= 15 is 0 Å². The second-order valence-corrected chi connectivity index (χ2v) is 3.73. The first-order chi connectivity index (χ1) is 6.63. The Hall–Kier alpha value is -1.03. The van der Waals surface area contributed by atoms with Gasteiger partial charge in [-0.25, -0.2) is 0 Å². The minimum atomic E-state index is 0.591. The zero-order valence-corrected chi connectivity index (χ0v) is 9.27. The predicted molar refractivity (Wildman–Crippen MR) is 59.0 cm³/mol. The van der Waals surface area contributed by atoms with E-state index in [-0.39, 0.29) is 0 Å². The average Bonchev–Trinajstić information content (AvgIpc) is 2.52. The van der Waals surface area contributed by atoms with Gasteiger partial charge in [0.25, 0.3) is 0 Å². The molecule has 0 atom stereocenters. The third kappa shape index (κ3) is 3.03. The SMILES string of the molecule is CCN(CCn1ccc(N)n1)C(C)C. The van der Waals surface area contributed by atoms with Gasteiger partial charge in [-0.1, -0.05) is 6.92 Å². The van der Waals surface area contributed by atoms with Crippen LogP contribution in [0.25, 0.3) is 0 Å². The van der Waals surface area contributed by atoms with Crippen LogP contribution in [0, 0.1) is 0 Å². The van der Waals surface area contributed by atoms with Crippen LogP contribution >= 0.6 is 0 Å². The molecule has 0 aliphatic heterocycles. The van der Waals surface area contributed by atoms with E-state index in [2.05, 4.69) is 30.8 Å². The Morgan fingerprint density at radius 3 is 2.71 bits per heavy atom. The quantitative estimate of drug-likeness (QED) is 0.769. The van der Waals surface area contributed by atoms with Crippen LogP contribution in [0.2, 0.25) is 0 Å². The summed E-state index contributed by atoms with van der Waals surface area (Å²) < 4.78 is 1.89. The summed E-state index contributed by atoms with van der Waals surface area (Å²) in [5.74, 6) is 0.595. The molecule has 0 bridgehead atoms. The number of nitrogen functional groups attached to an aromatic ring is 1. The molecule has 1 heterocycles. The first-order valence-electron chi connectivity index (χ1n) is 5.16. The lowest BCUT2D eigenvalue weighted by Gasteiger charge is -2.24. The van der Waals surface area contributed by atoms with Crippen molar-refractivity contribution in [2.75, 3.05) is 18.8 Å². The van der Waals surface area contributed by atoms with Crippen LogP contribution < -0.4 is 5.73 Å². The Morgan fingerprint density at radius 2 is 2.29 bits per heavy atom. The van der Waals surface area contributed by atoms with Gasteiger partial charge < -0.3 is 5.73 Å². The molecular weight excluding hydrogens is 176 g/mol. The van der Waals surface area contributed by atoms with Crippen LogP contribution in [0.15, 0.2) is 12.3 Å². The van der Waals surface area contributed by atoms with Gasteiger partial charge in [-0.15, -0.1) is 0 Å². The Balaban J connectivity index is 2.39. The molecule has 2 N–H and O–H groups in total. The van der Waals surface area contributed by atoms with Crippen molar-refractivity contribution < 1.29 is 0 Å². The van der Waals surface area contributed by atoms with Crippen LogP contribution in [0.5, 0.6) is 0 Å².